The van der Waals surface area contributed by atoms with Gasteiger partial charge in [-0.05, 0) is 11.1 Å². The number of nitrogens with two attached hydrogens (primary N) is 1. The van der Waals surface area contributed by atoms with Crippen LogP contribution in [0.1, 0.15) is 11.1 Å². The van der Waals surface area contributed by atoms with E-state index in [1.807, 2.05) is 60.7 Å². The molecular formula is C23H22Cl2N4O3. The number of ether oxygens (including phenoxy) is 2. The monoisotopic (exact) mass is 472 g/mol. The summed E-state index contributed by atoms with van der Waals surface area (Å²) in [6.45, 7) is 0.531. The minimum Gasteiger partial charge on any atom is -0.487 e. The zero-order chi connectivity index (χ0) is 22.9. The van der Waals surface area contributed by atoms with Crippen LogP contribution in [0.3, 0.4) is 0 Å². The molecule has 0 bridgehead atoms. The number of hydrogen-bond acceptors (Lipinski definition) is 4. The van der Waals surface area contributed by atoms with Gasteiger partial charge in [0.25, 0.3) is 0 Å². The fraction of sp³-hybridized carbons (Fsp3) is 0.130. The van der Waals surface area contributed by atoms with Crippen molar-refractivity contribution in [1.82, 2.24) is 5.32 Å². The number of nitrogens with zero attached hydrogens (tertiary/aromatic N) is 1. The van der Waals surface area contributed by atoms with E-state index in [1.165, 1.54) is 7.05 Å². The molecule has 166 valence electrons. The van der Waals surface area contributed by atoms with E-state index in [0.29, 0.717) is 11.5 Å². The molecular weight excluding hydrogens is 451 g/mol. The molecule has 0 saturated heterocycles. The highest BCUT2D eigenvalue weighted by Gasteiger charge is 2.20. The van der Waals surface area contributed by atoms with Gasteiger partial charge < -0.3 is 20.5 Å². The van der Waals surface area contributed by atoms with Crippen LogP contribution >= 0.6 is 23.2 Å². The topological polar surface area (TPSA) is 98.0 Å². The van der Waals surface area contributed by atoms with Crippen molar-refractivity contribution in [2.24, 2.45) is 10.7 Å². The third kappa shape index (κ3) is 6.29. The van der Waals surface area contributed by atoms with Gasteiger partial charge in [0.2, 0.25) is 0 Å². The van der Waals surface area contributed by atoms with Gasteiger partial charge in [-0.1, -0.05) is 83.9 Å². The normalized spacial score (nSPS) is 11.0. The van der Waals surface area contributed by atoms with E-state index in [-0.39, 0.29) is 34.9 Å². The number of amides is 2. The van der Waals surface area contributed by atoms with Crippen LogP contribution in [-0.2, 0) is 13.2 Å². The van der Waals surface area contributed by atoms with Crippen molar-refractivity contribution in [3.8, 4) is 11.5 Å². The van der Waals surface area contributed by atoms with Gasteiger partial charge in [-0.25, -0.2) is 4.79 Å². The zero-order valence-electron chi connectivity index (χ0n) is 17.3. The standard InChI is InChI=1S/C23H22Cl2N4O3/c1-27-22(26)29-23(30)28-21-19(24)17(31-13-15-8-4-2-5-9-15)12-18(20(21)25)32-14-16-10-6-3-7-11-16/h2-12H,13-14H2,1H3,(H4,26,27,28,29,30). The fourth-order valence-electron chi connectivity index (χ4n) is 2.70. The number of anilines is 1. The molecule has 2 amide bonds. The van der Waals surface area contributed by atoms with Crippen molar-refractivity contribution in [2.45, 2.75) is 13.2 Å². The Kier molecular flexibility index (Phi) is 8.19. The predicted octanol–water partition coefficient (Wildman–Crippen LogP) is 5.22. The Labute approximate surface area is 196 Å². The average molecular weight is 473 g/mol. The van der Waals surface area contributed by atoms with Crippen LogP contribution in [0.15, 0.2) is 71.7 Å². The largest absolute Gasteiger partial charge is 0.487 e. The Morgan fingerprint density at radius 3 is 1.81 bits per heavy atom. The van der Waals surface area contributed by atoms with E-state index >= 15 is 0 Å². The summed E-state index contributed by atoms with van der Waals surface area (Å²) < 4.78 is 11.8. The quantitative estimate of drug-likeness (QED) is 0.324. The van der Waals surface area contributed by atoms with Crippen molar-refractivity contribution in [2.75, 3.05) is 12.4 Å². The molecule has 0 atom stereocenters. The number of aliphatic imine (C=N–C) groups is 1. The summed E-state index contributed by atoms with van der Waals surface area (Å²) >= 11 is 13.0. The molecule has 4 N–H and O–H groups in total. The molecule has 3 aromatic rings. The van der Waals surface area contributed by atoms with Crippen LogP contribution in [0.4, 0.5) is 10.5 Å². The number of halogens is 2. The zero-order valence-corrected chi connectivity index (χ0v) is 18.8. The molecule has 0 spiro atoms. The minimum absolute atomic E-state index is 0.0632. The van der Waals surface area contributed by atoms with Gasteiger partial charge in [-0.2, -0.15) is 0 Å². The van der Waals surface area contributed by atoms with E-state index in [0.717, 1.165) is 11.1 Å². The number of urea groups is 1. The summed E-state index contributed by atoms with van der Waals surface area (Å²) in [4.78, 5) is 16.0. The third-order valence-corrected chi connectivity index (χ3v) is 5.08. The number of guanidine groups is 1. The minimum atomic E-state index is -0.661. The molecule has 0 fully saturated rings. The SMILES string of the molecule is CN=C(N)NC(=O)Nc1c(Cl)c(OCc2ccccc2)cc(OCc2ccccc2)c1Cl. The molecule has 3 aromatic carbocycles. The van der Waals surface area contributed by atoms with E-state index in [1.54, 1.807) is 6.07 Å². The summed E-state index contributed by atoms with van der Waals surface area (Å²) in [6.07, 6.45) is 0. The Balaban J connectivity index is 1.88. The number of hydrogen-bond donors (Lipinski definition) is 3. The van der Waals surface area contributed by atoms with Crippen LogP contribution in [0.25, 0.3) is 0 Å². The Hall–Kier alpha value is -3.42. The maximum atomic E-state index is 12.3. The predicted molar refractivity (Wildman–Crippen MR) is 128 cm³/mol. The first-order valence-electron chi connectivity index (χ1n) is 9.63. The summed E-state index contributed by atoms with van der Waals surface area (Å²) in [6, 6.07) is 20.1. The van der Waals surface area contributed by atoms with Crippen LogP contribution in [0, 0.1) is 0 Å². The smallest absolute Gasteiger partial charge is 0.326 e. The summed E-state index contributed by atoms with van der Waals surface area (Å²) in [5, 5.41) is 5.20. The van der Waals surface area contributed by atoms with Gasteiger partial charge >= 0.3 is 6.03 Å². The van der Waals surface area contributed by atoms with E-state index in [2.05, 4.69) is 15.6 Å². The Bertz CT molecular complexity index is 1030. The average Bonchev–Trinajstić information content (AvgIpc) is 2.81. The van der Waals surface area contributed by atoms with Crippen molar-refractivity contribution < 1.29 is 14.3 Å². The summed E-state index contributed by atoms with van der Waals surface area (Å²) in [5.74, 6) is 0.539. The highest BCUT2D eigenvalue weighted by Crippen LogP contribution is 2.44. The number of carbonyl (C=O) groups is 1. The molecule has 7 nitrogen and oxygen atoms in total. The summed E-state index contributed by atoms with van der Waals surface area (Å²) in [7, 11) is 1.45. The third-order valence-electron chi connectivity index (χ3n) is 4.33. The highest BCUT2D eigenvalue weighted by molar-refractivity contribution is 6.41. The number of carbonyl (C=O) groups excluding carboxylic acids is 1. The second kappa shape index (κ2) is 11.3. The maximum Gasteiger partial charge on any atom is 0.326 e. The lowest BCUT2D eigenvalue weighted by Gasteiger charge is -2.18. The Morgan fingerprint density at radius 2 is 1.38 bits per heavy atom. The van der Waals surface area contributed by atoms with Gasteiger partial charge in [0.15, 0.2) is 5.96 Å². The van der Waals surface area contributed by atoms with Gasteiger partial charge in [0, 0.05) is 13.1 Å². The molecule has 0 aliphatic heterocycles. The lowest BCUT2D eigenvalue weighted by atomic mass is 10.2. The lowest BCUT2D eigenvalue weighted by Crippen LogP contribution is -2.39. The van der Waals surface area contributed by atoms with Gasteiger partial charge in [0.1, 0.15) is 34.8 Å². The second-order valence-corrected chi connectivity index (χ2v) is 7.37. The van der Waals surface area contributed by atoms with Crippen LogP contribution in [-0.4, -0.2) is 19.0 Å². The van der Waals surface area contributed by atoms with Gasteiger partial charge in [-0.3, -0.25) is 10.3 Å². The second-order valence-electron chi connectivity index (χ2n) is 6.61. The molecule has 0 saturated carbocycles. The molecule has 32 heavy (non-hydrogen) atoms. The number of benzene rings is 3. The van der Waals surface area contributed by atoms with Crippen molar-refractivity contribution in [1.29, 1.82) is 0 Å². The van der Waals surface area contributed by atoms with Crippen LogP contribution in [0.2, 0.25) is 10.0 Å². The first-order valence-corrected chi connectivity index (χ1v) is 10.4. The van der Waals surface area contributed by atoms with Crippen LogP contribution < -0.4 is 25.8 Å². The molecule has 0 aliphatic rings. The first-order chi connectivity index (χ1) is 15.5. The van der Waals surface area contributed by atoms with Crippen molar-refractivity contribution in [3.63, 3.8) is 0 Å². The van der Waals surface area contributed by atoms with E-state index < -0.39 is 6.03 Å². The molecule has 0 aliphatic carbocycles. The fourth-order valence-corrected chi connectivity index (χ4v) is 3.25. The highest BCUT2D eigenvalue weighted by atomic mass is 35.5. The van der Waals surface area contributed by atoms with Crippen molar-refractivity contribution in [3.05, 3.63) is 87.9 Å². The van der Waals surface area contributed by atoms with Crippen LogP contribution in [0.5, 0.6) is 11.5 Å². The van der Waals surface area contributed by atoms with Crippen molar-refractivity contribution >= 4 is 40.9 Å². The van der Waals surface area contributed by atoms with E-state index in [9.17, 15) is 4.79 Å². The number of nitrogens with one attached hydrogen (secondary N) is 2. The Morgan fingerprint density at radius 1 is 0.906 bits per heavy atom. The lowest BCUT2D eigenvalue weighted by molar-refractivity contribution is 0.256. The molecule has 0 radical (unpaired) electrons. The number of rotatable bonds is 7. The molecule has 3 rings (SSSR count). The molecule has 0 heterocycles. The van der Waals surface area contributed by atoms with E-state index in [4.69, 9.17) is 38.4 Å². The maximum absolute atomic E-state index is 12.3. The van der Waals surface area contributed by atoms with Gasteiger partial charge in [-0.15, -0.1) is 0 Å². The molecule has 0 unspecified atom stereocenters. The van der Waals surface area contributed by atoms with Gasteiger partial charge in [0.05, 0.1) is 5.69 Å². The molecule has 9 heteroatoms. The molecule has 0 aromatic heterocycles. The summed E-state index contributed by atoms with van der Waals surface area (Å²) in [5.41, 5.74) is 7.58. The first kappa shape index (κ1) is 23.2.